The maximum absolute atomic E-state index is 12.5. The molecule has 1 aromatic heterocycles. The lowest BCUT2D eigenvalue weighted by Crippen LogP contribution is -2.10. The molecule has 0 radical (unpaired) electrons. The van der Waals surface area contributed by atoms with Crippen molar-refractivity contribution in [3.05, 3.63) is 59.3 Å². The van der Waals surface area contributed by atoms with E-state index in [4.69, 9.17) is 9.84 Å². The van der Waals surface area contributed by atoms with Gasteiger partial charge in [0.2, 0.25) is 5.88 Å². The van der Waals surface area contributed by atoms with Crippen LogP contribution < -0.4 is 4.74 Å². The number of hydrogen-bond acceptors (Lipinski definition) is 3. The molecule has 4 nitrogen and oxygen atoms in total. The highest BCUT2D eigenvalue weighted by atomic mass is 19.4. The minimum Gasteiger partial charge on any atom is -0.478 e. The summed E-state index contributed by atoms with van der Waals surface area (Å²) in [4.78, 5) is 14.3. The van der Waals surface area contributed by atoms with Gasteiger partial charge in [0.25, 0.3) is 0 Å². The van der Waals surface area contributed by atoms with Crippen molar-refractivity contribution in [1.29, 1.82) is 0 Å². The van der Waals surface area contributed by atoms with Crippen molar-refractivity contribution in [2.75, 3.05) is 0 Å². The van der Waals surface area contributed by atoms with E-state index >= 15 is 0 Å². The quantitative estimate of drug-likeness (QED) is 0.940. The number of carboxylic acid groups (broad SMARTS) is 1. The van der Waals surface area contributed by atoms with E-state index < -0.39 is 17.8 Å². The van der Waals surface area contributed by atoms with Crippen molar-refractivity contribution >= 4 is 5.97 Å². The van der Waals surface area contributed by atoms with Gasteiger partial charge in [-0.2, -0.15) is 13.2 Å². The van der Waals surface area contributed by atoms with Gasteiger partial charge in [-0.15, -0.1) is 0 Å². The Labute approximate surface area is 117 Å². The predicted molar refractivity (Wildman–Crippen MR) is 67.0 cm³/mol. The lowest BCUT2D eigenvalue weighted by atomic mass is 10.1. The summed E-state index contributed by atoms with van der Waals surface area (Å²) in [6, 6.07) is 9.36. The van der Waals surface area contributed by atoms with Crippen LogP contribution in [0.3, 0.4) is 0 Å². The van der Waals surface area contributed by atoms with Crippen molar-refractivity contribution in [3.63, 3.8) is 0 Å². The van der Waals surface area contributed by atoms with Gasteiger partial charge in [0.1, 0.15) is 12.3 Å². The Morgan fingerprint density at radius 2 is 1.86 bits per heavy atom. The molecule has 0 aliphatic carbocycles. The van der Waals surface area contributed by atoms with E-state index in [1.165, 1.54) is 24.3 Å². The molecule has 21 heavy (non-hydrogen) atoms. The average Bonchev–Trinajstić information content (AvgIpc) is 2.45. The maximum Gasteiger partial charge on any atom is 0.433 e. The van der Waals surface area contributed by atoms with E-state index in [1.54, 1.807) is 12.1 Å². The van der Waals surface area contributed by atoms with Gasteiger partial charge in [0, 0.05) is 11.6 Å². The topological polar surface area (TPSA) is 59.4 Å². The summed E-state index contributed by atoms with van der Waals surface area (Å²) >= 11 is 0. The lowest BCUT2D eigenvalue weighted by Gasteiger charge is -2.10. The Morgan fingerprint density at radius 1 is 1.14 bits per heavy atom. The zero-order valence-electron chi connectivity index (χ0n) is 10.6. The zero-order chi connectivity index (χ0) is 15.5. The monoisotopic (exact) mass is 297 g/mol. The maximum atomic E-state index is 12.5. The molecule has 0 aliphatic rings. The SMILES string of the molecule is O=C(O)c1ccccc1COc1cccc(C(F)(F)F)n1. The molecule has 0 atom stereocenters. The van der Waals surface area contributed by atoms with Gasteiger partial charge < -0.3 is 9.84 Å². The Hall–Kier alpha value is -2.57. The van der Waals surface area contributed by atoms with E-state index in [1.807, 2.05) is 0 Å². The van der Waals surface area contributed by atoms with Crippen molar-refractivity contribution in [3.8, 4) is 5.88 Å². The number of hydrogen-bond donors (Lipinski definition) is 1. The van der Waals surface area contributed by atoms with Gasteiger partial charge in [0.05, 0.1) is 5.56 Å². The molecule has 110 valence electrons. The third-order valence-corrected chi connectivity index (χ3v) is 2.64. The molecule has 0 fully saturated rings. The molecule has 1 heterocycles. The summed E-state index contributed by atoms with van der Waals surface area (Å²) in [6.45, 7) is -0.184. The fourth-order valence-electron chi connectivity index (χ4n) is 1.66. The second-order valence-corrected chi connectivity index (χ2v) is 4.11. The Balaban J connectivity index is 2.16. The highest BCUT2D eigenvalue weighted by molar-refractivity contribution is 5.89. The molecule has 2 rings (SSSR count). The number of rotatable bonds is 4. The van der Waals surface area contributed by atoms with Crippen molar-refractivity contribution in [1.82, 2.24) is 4.98 Å². The first-order valence-corrected chi connectivity index (χ1v) is 5.86. The van der Waals surface area contributed by atoms with Gasteiger partial charge in [-0.3, -0.25) is 0 Å². The van der Waals surface area contributed by atoms with Crippen LogP contribution in [0.1, 0.15) is 21.6 Å². The fraction of sp³-hybridized carbons (Fsp3) is 0.143. The molecule has 0 spiro atoms. The number of halogens is 3. The highest BCUT2D eigenvalue weighted by Gasteiger charge is 2.32. The largest absolute Gasteiger partial charge is 0.478 e. The predicted octanol–water partition coefficient (Wildman–Crippen LogP) is 3.38. The number of nitrogens with zero attached hydrogens (tertiary/aromatic N) is 1. The first-order chi connectivity index (χ1) is 9.88. The Kier molecular flexibility index (Phi) is 4.11. The normalized spacial score (nSPS) is 11.2. The van der Waals surface area contributed by atoms with E-state index in [0.717, 1.165) is 6.07 Å². The first kappa shape index (κ1) is 14.8. The molecule has 0 aliphatic heterocycles. The van der Waals surface area contributed by atoms with Gasteiger partial charge in [-0.1, -0.05) is 24.3 Å². The highest BCUT2D eigenvalue weighted by Crippen LogP contribution is 2.28. The van der Waals surface area contributed by atoms with Crippen LogP contribution in [0.5, 0.6) is 5.88 Å². The van der Waals surface area contributed by atoms with Crippen LogP contribution in [0.2, 0.25) is 0 Å². The summed E-state index contributed by atoms with van der Waals surface area (Å²) in [5, 5.41) is 8.99. The molecular weight excluding hydrogens is 287 g/mol. The Morgan fingerprint density at radius 3 is 2.52 bits per heavy atom. The number of ether oxygens (including phenoxy) is 1. The van der Waals surface area contributed by atoms with Crippen LogP contribution in [-0.2, 0) is 12.8 Å². The van der Waals surface area contributed by atoms with Crippen molar-refractivity contribution in [2.45, 2.75) is 12.8 Å². The van der Waals surface area contributed by atoms with E-state index in [2.05, 4.69) is 4.98 Å². The number of aromatic carboxylic acids is 1. The number of carbonyl (C=O) groups is 1. The molecule has 1 N–H and O–H groups in total. The molecule has 0 saturated carbocycles. The fourth-order valence-corrected chi connectivity index (χ4v) is 1.66. The third-order valence-electron chi connectivity index (χ3n) is 2.64. The molecule has 2 aromatic rings. The first-order valence-electron chi connectivity index (χ1n) is 5.86. The van der Waals surface area contributed by atoms with Gasteiger partial charge in [-0.05, 0) is 12.1 Å². The standard InChI is InChI=1S/C14H10F3NO3/c15-14(16,17)11-6-3-7-12(18-11)21-8-9-4-1-2-5-10(9)13(19)20/h1-7H,8H2,(H,19,20). The number of alkyl halides is 3. The molecule has 0 bridgehead atoms. The van der Waals surface area contributed by atoms with E-state index in [9.17, 15) is 18.0 Å². The van der Waals surface area contributed by atoms with Crippen molar-refractivity contribution < 1.29 is 27.8 Å². The summed E-state index contributed by atoms with van der Waals surface area (Å²) in [7, 11) is 0. The third kappa shape index (κ3) is 3.71. The molecule has 0 amide bonds. The molecule has 0 saturated heterocycles. The molecule has 1 aromatic carbocycles. The second kappa shape index (κ2) is 5.82. The Bertz CT molecular complexity index is 656. The van der Waals surface area contributed by atoms with Crippen molar-refractivity contribution in [2.24, 2.45) is 0 Å². The van der Waals surface area contributed by atoms with Crippen LogP contribution >= 0.6 is 0 Å². The van der Waals surface area contributed by atoms with Crippen LogP contribution in [0.15, 0.2) is 42.5 Å². The zero-order valence-corrected chi connectivity index (χ0v) is 10.6. The van der Waals surface area contributed by atoms with Gasteiger partial charge in [-0.25, -0.2) is 9.78 Å². The number of carboxylic acids is 1. The van der Waals surface area contributed by atoms with Crippen LogP contribution in [0.4, 0.5) is 13.2 Å². The lowest BCUT2D eigenvalue weighted by molar-refractivity contribution is -0.141. The minimum atomic E-state index is -4.56. The minimum absolute atomic E-state index is 0.0319. The summed E-state index contributed by atoms with van der Waals surface area (Å²) in [6.07, 6.45) is -4.56. The second-order valence-electron chi connectivity index (χ2n) is 4.11. The summed E-state index contributed by atoms with van der Waals surface area (Å²) < 4.78 is 42.7. The van der Waals surface area contributed by atoms with Gasteiger partial charge >= 0.3 is 12.1 Å². The number of aromatic nitrogens is 1. The number of benzene rings is 1. The summed E-state index contributed by atoms with van der Waals surface area (Å²) in [5.74, 6) is -1.35. The van der Waals surface area contributed by atoms with E-state index in [0.29, 0.717) is 5.56 Å². The van der Waals surface area contributed by atoms with Crippen LogP contribution in [0.25, 0.3) is 0 Å². The van der Waals surface area contributed by atoms with E-state index in [-0.39, 0.29) is 18.1 Å². The molecule has 7 heteroatoms. The van der Waals surface area contributed by atoms with Crippen LogP contribution in [-0.4, -0.2) is 16.1 Å². The smallest absolute Gasteiger partial charge is 0.433 e. The molecule has 0 unspecified atom stereocenters. The average molecular weight is 297 g/mol. The number of pyridine rings is 1. The van der Waals surface area contributed by atoms with Crippen LogP contribution in [0, 0.1) is 0 Å². The van der Waals surface area contributed by atoms with Gasteiger partial charge in [0.15, 0.2) is 0 Å². The molecular formula is C14H10F3NO3. The summed E-state index contributed by atoms with van der Waals surface area (Å²) in [5.41, 5.74) is -0.680.